The largest absolute Gasteiger partial charge is 0.373 e. The molecule has 0 aromatic carbocycles. The second-order valence-corrected chi connectivity index (χ2v) is 5.86. The monoisotopic (exact) mass is 262 g/mol. The fraction of sp³-hybridized carbons (Fsp3) is 0.714. The molecular formula is C14H22N4O. The summed E-state index contributed by atoms with van der Waals surface area (Å²) in [7, 11) is 0. The lowest BCUT2D eigenvalue weighted by atomic mass is 9.82. The van der Waals surface area contributed by atoms with Crippen molar-refractivity contribution in [3.63, 3.8) is 0 Å². The molecular weight excluding hydrogens is 240 g/mol. The third-order valence-corrected chi connectivity index (χ3v) is 4.31. The molecule has 5 nitrogen and oxygen atoms in total. The highest BCUT2D eigenvalue weighted by molar-refractivity contribution is 5.46. The van der Waals surface area contributed by atoms with E-state index in [1.54, 1.807) is 6.20 Å². The van der Waals surface area contributed by atoms with E-state index in [0.29, 0.717) is 12.0 Å². The van der Waals surface area contributed by atoms with E-state index < -0.39 is 0 Å². The number of anilines is 2. The van der Waals surface area contributed by atoms with Crippen molar-refractivity contribution in [2.24, 2.45) is 0 Å². The highest BCUT2D eigenvalue weighted by atomic mass is 16.5. The maximum Gasteiger partial charge on any atom is 0.221 e. The summed E-state index contributed by atoms with van der Waals surface area (Å²) in [5, 5.41) is 3.47. The molecule has 3 N–H and O–H groups in total. The van der Waals surface area contributed by atoms with Gasteiger partial charge in [-0.2, -0.15) is 4.98 Å². The Bertz CT molecular complexity index is 457. The molecule has 0 radical (unpaired) electrons. The van der Waals surface area contributed by atoms with Crippen LogP contribution in [-0.2, 0) is 4.74 Å². The summed E-state index contributed by atoms with van der Waals surface area (Å²) in [6, 6.07) is 0.339. The molecule has 1 aromatic rings. The number of rotatable bonds is 2. The normalized spacial score (nSPS) is 25.6. The van der Waals surface area contributed by atoms with E-state index in [9.17, 15) is 0 Å². The first-order valence-corrected chi connectivity index (χ1v) is 7.17. The molecule has 2 aliphatic rings. The van der Waals surface area contributed by atoms with E-state index in [-0.39, 0.29) is 5.60 Å². The Kier molecular flexibility index (Phi) is 3.31. The maximum atomic E-state index is 6.10. The summed E-state index contributed by atoms with van der Waals surface area (Å²) in [6.45, 7) is 2.76. The van der Waals surface area contributed by atoms with Gasteiger partial charge in [0.05, 0.1) is 18.2 Å². The predicted octanol–water partition coefficient (Wildman–Crippen LogP) is 2.27. The lowest BCUT2D eigenvalue weighted by Gasteiger charge is -2.32. The molecule has 1 saturated heterocycles. The van der Waals surface area contributed by atoms with Gasteiger partial charge in [-0.15, -0.1) is 0 Å². The molecule has 1 aliphatic carbocycles. The second kappa shape index (κ2) is 4.96. The highest BCUT2D eigenvalue weighted by Gasteiger charge is 2.41. The van der Waals surface area contributed by atoms with Gasteiger partial charge in [0.2, 0.25) is 5.95 Å². The minimum Gasteiger partial charge on any atom is -0.373 e. The van der Waals surface area contributed by atoms with Crippen LogP contribution in [0, 0.1) is 6.92 Å². The van der Waals surface area contributed by atoms with Crippen LogP contribution in [0.15, 0.2) is 6.20 Å². The molecule has 1 aromatic heterocycles. The molecule has 5 heteroatoms. The SMILES string of the molecule is Cc1cnc(N)nc1N[C@H]1COC2(CCCCC2)C1. The number of aromatic nitrogens is 2. The summed E-state index contributed by atoms with van der Waals surface area (Å²) < 4.78 is 6.10. The van der Waals surface area contributed by atoms with Crippen molar-refractivity contribution in [2.45, 2.75) is 57.1 Å². The Hall–Kier alpha value is -1.36. The Balaban J connectivity index is 1.66. The van der Waals surface area contributed by atoms with Crippen LogP contribution in [0.25, 0.3) is 0 Å². The van der Waals surface area contributed by atoms with E-state index in [0.717, 1.165) is 24.4 Å². The van der Waals surface area contributed by atoms with Crippen LogP contribution in [0.4, 0.5) is 11.8 Å². The number of hydrogen-bond acceptors (Lipinski definition) is 5. The quantitative estimate of drug-likeness (QED) is 0.855. The van der Waals surface area contributed by atoms with Crippen LogP contribution in [0.1, 0.15) is 44.1 Å². The van der Waals surface area contributed by atoms with Crippen molar-refractivity contribution in [1.29, 1.82) is 0 Å². The highest BCUT2D eigenvalue weighted by Crippen LogP contribution is 2.40. The van der Waals surface area contributed by atoms with Gasteiger partial charge in [-0.25, -0.2) is 4.98 Å². The maximum absolute atomic E-state index is 6.10. The fourth-order valence-corrected chi connectivity index (χ4v) is 3.28. The van der Waals surface area contributed by atoms with E-state index in [2.05, 4.69) is 15.3 Å². The average molecular weight is 262 g/mol. The van der Waals surface area contributed by atoms with E-state index in [1.807, 2.05) is 6.92 Å². The van der Waals surface area contributed by atoms with E-state index in [4.69, 9.17) is 10.5 Å². The molecule has 0 amide bonds. The zero-order valence-corrected chi connectivity index (χ0v) is 11.5. The number of hydrogen-bond donors (Lipinski definition) is 2. The summed E-state index contributed by atoms with van der Waals surface area (Å²) in [5.74, 6) is 1.16. The number of nitrogens with one attached hydrogen (secondary N) is 1. The molecule has 1 aliphatic heterocycles. The molecule has 0 unspecified atom stereocenters. The smallest absolute Gasteiger partial charge is 0.221 e. The zero-order chi connectivity index (χ0) is 13.3. The number of aryl methyl sites for hydroxylation is 1. The van der Waals surface area contributed by atoms with Crippen LogP contribution < -0.4 is 11.1 Å². The molecule has 19 heavy (non-hydrogen) atoms. The third-order valence-electron chi connectivity index (χ3n) is 4.31. The van der Waals surface area contributed by atoms with Crippen LogP contribution in [0.3, 0.4) is 0 Å². The van der Waals surface area contributed by atoms with Gasteiger partial charge in [-0.05, 0) is 26.2 Å². The Morgan fingerprint density at radius 3 is 2.95 bits per heavy atom. The van der Waals surface area contributed by atoms with Crippen LogP contribution in [-0.4, -0.2) is 28.2 Å². The molecule has 1 atom stereocenters. The number of nitrogens with zero attached hydrogens (tertiary/aromatic N) is 2. The first-order valence-electron chi connectivity index (χ1n) is 7.17. The van der Waals surface area contributed by atoms with Gasteiger partial charge in [0, 0.05) is 11.8 Å². The number of ether oxygens (including phenoxy) is 1. The topological polar surface area (TPSA) is 73.1 Å². The lowest BCUT2D eigenvalue weighted by molar-refractivity contribution is -0.0244. The third kappa shape index (κ3) is 2.66. The predicted molar refractivity (Wildman–Crippen MR) is 75.0 cm³/mol. The first-order chi connectivity index (χ1) is 9.17. The standard InChI is InChI=1S/C14H22N4O/c1-10-8-16-13(15)18-12(10)17-11-7-14(19-9-11)5-3-2-4-6-14/h8,11H,2-7,9H2,1H3,(H3,15,16,17,18)/t11-/m1/s1. The molecule has 0 bridgehead atoms. The van der Waals surface area contributed by atoms with Gasteiger partial charge in [-0.3, -0.25) is 0 Å². The van der Waals surface area contributed by atoms with Crippen molar-refractivity contribution < 1.29 is 4.74 Å². The van der Waals surface area contributed by atoms with Crippen molar-refractivity contribution in [2.75, 3.05) is 17.7 Å². The Morgan fingerprint density at radius 1 is 1.37 bits per heavy atom. The minimum atomic E-state index is 0.127. The summed E-state index contributed by atoms with van der Waals surface area (Å²) in [5.41, 5.74) is 6.80. The molecule has 1 saturated carbocycles. The first kappa shape index (κ1) is 12.7. The van der Waals surface area contributed by atoms with E-state index >= 15 is 0 Å². The number of nitrogen functional groups attached to an aromatic ring is 1. The molecule has 1 spiro atoms. The van der Waals surface area contributed by atoms with Gasteiger partial charge in [0.15, 0.2) is 0 Å². The number of nitrogens with two attached hydrogens (primary N) is 1. The average Bonchev–Trinajstić information content (AvgIpc) is 2.78. The van der Waals surface area contributed by atoms with E-state index in [1.165, 1.54) is 32.1 Å². The van der Waals surface area contributed by atoms with Gasteiger partial charge < -0.3 is 15.8 Å². The van der Waals surface area contributed by atoms with Crippen molar-refractivity contribution in [3.05, 3.63) is 11.8 Å². The Labute approximate surface area is 114 Å². The van der Waals surface area contributed by atoms with Crippen molar-refractivity contribution in [3.8, 4) is 0 Å². The summed E-state index contributed by atoms with van der Waals surface area (Å²) in [4.78, 5) is 8.26. The minimum absolute atomic E-state index is 0.127. The van der Waals surface area contributed by atoms with Gasteiger partial charge in [0.1, 0.15) is 5.82 Å². The van der Waals surface area contributed by atoms with Crippen LogP contribution in [0.2, 0.25) is 0 Å². The second-order valence-electron chi connectivity index (χ2n) is 5.86. The van der Waals surface area contributed by atoms with Crippen molar-refractivity contribution >= 4 is 11.8 Å². The molecule has 2 heterocycles. The van der Waals surface area contributed by atoms with Crippen LogP contribution in [0.5, 0.6) is 0 Å². The fourth-order valence-electron chi connectivity index (χ4n) is 3.28. The van der Waals surface area contributed by atoms with Gasteiger partial charge >= 0.3 is 0 Å². The Morgan fingerprint density at radius 2 is 2.16 bits per heavy atom. The zero-order valence-electron chi connectivity index (χ0n) is 11.5. The summed E-state index contributed by atoms with van der Waals surface area (Å²) in [6.07, 6.45) is 9.20. The molecule has 3 rings (SSSR count). The van der Waals surface area contributed by atoms with Crippen LogP contribution >= 0.6 is 0 Å². The van der Waals surface area contributed by atoms with Gasteiger partial charge in [-0.1, -0.05) is 19.3 Å². The summed E-state index contributed by atoms with van der Waals surface area (Å²) >= 11 is 0. The lowest BCUT2D eigenvalue weighted by Crippen LogP contribution is -2.31. The van der Waals surface area contributed by atoms with Crippen molar-refractivity contribution in [1.82, 2.24) is 9.97 Å². The molecule has 2 fully saturated rings. The van der Waals surface area contributed by atoms with Gasteiger partial charge in [0.25, 0.3) is 0 Å². The molecule has 104 valence electrons.